The Bertz CT molecular complexity index is 867. The number of anilines is 1. The zero-order chi connectivity index (χ0) is 18.4. The summed E-state index contributed by atoms with van der Waals surface area (Å²) in [5.41, 5.74) is 2.28. The van der Waals surface area contributed by atoms with Crippen LogP contribution in [-0.2, 0) is 4.79 Å². The second-order valence-corrected chi connectivity index (χ2v) is 6.19. The first kappa shape index (κ1) is 17.9. The lowest BCUT2D eigenvalue weighted by Crippen LogP contribution is -2.31. The minimum Gasteiger partial charge on any atom is -0.310 e. The lowest BCUT2D eigenvalue weighted by molar-refractivity contribution is -0.117. The Morgan fingerprint density at radius 1 is 1.35 bits per heavy atom. The maximum atomic E-state index is 12.2. The topological polar surface area (TPSA) is 82.8 Å². The van der Waals surface area contributed by atoms with Crippen LogP contribution in [0, 0.1) is 0 Å². The van der Waals surface area contributed by atoms with Crippen molar-refractivity contribution < 1.29 is 4.79 Å². The Labute approximate surface area is 152 Å². The number of hydrogen-bond acceptors (Lipinski definition) is 6. The molecule has 7 heteroatoms. The number of nitrogens with zero attached hydrogens (tertiary/aromatic N) is 5. The van der Waals surface area contributed by atoms with E-state index in [0.29, 0.717) is 12.4 Å². The molecule has 0 saturated carbocycles. The molecule has 2 aromatic rings. The number of nitrogens with one attached hydrogen (secondary N) is 1. The van der Waals surface area contributed by atoms with Gasteiger partial charge >= 0.3 is 0 Å². The van der Waals surface area contributed by atoms with Crippen molar-refractivity contribution in [3.8, 4) is 0 Å². The molecule has 1 N–H and O–H groups in total. The Balaban J connectivity index is 1.76. The molecule has 1 amide bonds. The summed E-state index contributed by atoms with van der Waals surface area (Å²) in [6.07, 6.45) is 7.12. The molecule has 0 radical (unpaired) electrons. The van der Waals surface area contributed by atoms with Gasteiger partial charge in [-0.05, 0) is 51.7 Å². The fraction of sp³-hybridized carbons (Fsp3) is 0.316. The van der Waals surface area contributed by atoms with Crippen molar-refractivity contribution in [3.63, 3.8) is 0 Å². The number of pyridine rings is 2. The van der Waals surface area contributed by atoms with Crippen LogP contribution in [0.25, 0.3) is 10.9 Å². The second-order valence-electron chi connectivity index (χ2n) is 6.19. The van der Waals surface area contributed by atoms with Gasteiger partial charge in [0, 0.05) is 30.0 Å². The van der Waals surface area contributed by atoms with Crippen LogP contribution < -0.4 is 5.32 Å². The average Bonchev–Trinajstić information content (AvgIpc) is 3.14. The van der Waals surface area contributed by atoms with Crippen LogP contribution in [0.5, 0.6) is 0 Å². The van der Waals surface area contributed by atoms with Crippen molar-refractivity contribution in [3.05, 3.63) is 42.5 Å². The van der Waals surface area contributed by atoms with E-state index in [1.807, 2.05) is 19.1 Å². The van der Waals surface area contributed by atoms with Crippen molar-refractivity contribution in [1.82, 2.24) is 14.9 Å². The van der Waals surface area contributed by atoms with Crippen molar-refractivity contribution in [2.45, 2.75) is 19.8 Å². The first-order chi connectivity index (χ1) is 12.7. The van der Waals surface area contributed by atoms with E-state index in [1.54, 1.807) is 18.5 Å². The summed E-state index contributed by atoms with van der Waals surface area (Å²) in [4.78, 5) is 31.1. The van der Waals surface area contributed by atoms with Crippen molar-refractivity contribution >= 4 is 35.1 Å². The van der Waals surface area contributed by atoms with Crippen LogP contribution >= 0.6 is 0 Å². The van der Waals surface area contributed by atoms with E-state index in [0.717, 1.165) is 48.2 Å². The molecular weight excluding hydrogens is 328 g/mol. The summed E-state index contributed by atoms with van der Waals surface area (Å²) in [5, 5.41) is 3.76. The highest BCUT2D eigenvalue weighted by molar-refractivity contribution is 5.99. The number of hydrogen-bond donors (Lipinski definition) is 1. The van der Waals surface area contributed by atoms with E-state index < -0.39 is 0 Å². The van der Waals surface area contributed by atoms with Crippen LogP contribution in [0.2, 0.25) is 0 Å². The number of likely N-dealkylation sites (tertiary alicyclic amines) is 1. The average molecular weight is 350 g/mol. The minimum absolute atomic E-state index is 0.0466. The number of carbonyl (C=O) groups excluding carboxylic acids is 1. The van der Waals surface area contributed by atoms with Crippen LogP contribution in [0.3, 0.4) is 0 Å². The van der Waals surface area contributed by atoms with Gasteiger partial charge in [-0.2, -0.15) is 0 Å². The molecule has 2 aromatic heterocycles. The number of fused-ring (bicyclic) bond motifs is 1. The third-order valence-corrected chi connectivity index (χ3v) is 4.22. The van der Waals surface area contributed by atoms with Gasteiger partial charge in [-0.25, -0.2) is 9.97 Å². The van der Waals surface area contributed by atoms with E-state index in [1.165, 1.54) is 6.20 Å². The lowest BCUT2D eigenvalue weighted by atomic mass is 10.2. The third kappa shape index (κ3) is 4.58. The summed E-state index contributed by atoms with van der Waals surface area (Å²) in [7, 11) is 0. The maximum absolute atomic E-state index is 12.2. The largest absolute Gasteiger partial charge is 0.310 e. The Morgan fingerprint density at radius 2 is 2.15 bits per heavy atom. The third-order valence-electron chi connectivity index (χ3n) is 4.22. The molecule has 0 spiro atoms. The first-order valence-electron chi connectivity index (χ1n) is 8.60. The predicted molar refractivity (Wildman–Crippen MR) is 105 cm³/mol. The molecule has 1 saturated heterocycles. The van der Waals surface area contributed by atoms with E-state index in [2.05, 4.69) is 36.9 Å². The fourth-order valence-electron chi connectivity index (χ4n) is 2.87. The maximum Gasteiger partial charge on any atom is 0.239 e. The molecule has 3 rings (SSSR count). The van der Waals surface area contributed by atoms with Crippen molar-refractivity contribution in [2.24, 2.45) is 9.98 Å². The summed E-state index contributed by atoms with van der Waals surface area (Å²) in [6.45, 7) is 7.62. The zero-order valence-electron chi connectivity index (χ0n) is 14.9. The molecule has 0 aliphatic carbocycles. The molecule has 1 aliphatic rings. The molecule has 134 valence electrons. The second kappa shape index (κ2) is 8.44. The minimum atomic E-state index is -0.0466. The smallest absolute Gasteiger partial charge is 0.239 e. The summed E-state index contributed by atoms with van der Waals surface area (Å²) < 4.78 is 0. The highest BCUT2D eigenvalue weighted by atomic mass is 16.2. The molecule has 26 heavy (non-hydrogen) atoms. The fourth-order valence-corrected chi connectivity index (χ4v) is 2.87. The van der Waals surface area contributed by atoms with E-state index in [-0.39, 0.29) is 5.91 Å². The van der Waals surface area contributed by atoms with Gasteiger partial charge < -0.3 is 5.32 Å². The number of aromatic nitrogens is 2. The molecule has 1 aliphatic heterocycles. The Kier molecular flexibility index (Phi) is 5.80. The molecule has 7 nitrogen and oxygen atoms in total. The van der Waals surface area contributed by atoms with Gasteiger partial charge in [0.15, 0.2) is 0 Å². The van der Waals surface area contributed by atoms with Gasteiger partial charge in [-0.3, -0.25) is 19.7 Å². The van der Waals surface area contributed by atoms with Crippen LogP contribution in [-0.4, -0.2) is 52.8 Å². The van der Waals surface area contributed by atoms with Gasteiger partial charge in [0.25, 0.3) is 0 Å². The number of amides is 1. The first-order valence-corrected chi connectivity index (χ1v) is 8.60. The molecule has 0 aromatic carbocycles. The highest BCUT2D eigenvalue weighted by Crippen LogP contribution is 2.16. The summed E-state index contributed by atoms with van der Waals surface area (Å²) in [6, 6.07) is 5.62. The van der Waals surface area contributed by atoms with Crippen molar-refractivity contribution in [1.29, 1.82) is 0 Å². The monoisotopic (exact) mass is 350 g/mol. The van der Waals surface area contributed by atoms with Crippen LogP contribution in [0.4, 0.5) is 5.82 Å². The molecule has 0 unspecified atom stereocenters. The quantitative estimate of drug-likeness (QED) is 0.812. The van der Waals surface area contributed by atoms with E-state index >= 15 is 0 Å². The highest BCUT2D eigenvalue weighted by Gasteiger charge is 2.15. The Morgan fingerprint density at radius 3 is 2.92 bits per heavy atom. The number of rotatable bonds is 6. The number of aliphatic imine (C=N–C) groups is 2. The van der Waals surface area contributed by atoms with Crippen LogP contribution in [0.15, 0.2) is 46.8 Å². The lowest BCUT2D eigenvalue weighted by Gasteiger charge is -2.13. The van der Waals surface area contributed by atoms with E-state index in [9.17, 15) is 4.79 Å². The van der Waals surface area contributed by atoms with Gasteiger partial charge in [-0.1, -0.05) is 0 Å². The normalized spacial score (nSPS) is 15.7. The van der Waals surface area contributed by atoms with Gasteiger partial charge in [0.05, 0.1) is 23.5 Å². The van der Waals surface area contributed by atoms with Gasteiger partial charge in [0.2, 0.25) is 5.91 Å². The molecule has 1 fully saturated rings. The zero-order valence-corrected chi connectivity index (χ0v) is 14.9. The predicted octanol–water partition coefficient (Wildman–Crippen LogP) is 2.64. The van der Waals surface area contributed by atoms with Gasteiger partial charge in [-0.15, -0.1) is 0 Å². The molecule has 0 bridgehead atoms. The standard InChI is InChI=1S/C19H22N6O/c1-14(21-8-7-20-2)16-6-5-15-12-22-18(11-17(15)23-16)24-19(26)13-25-9-3-4-10-25/h5-8,11-12H,2-4,9-10,13H2,1H3,(H,22,24,26)/b8-7-,21-14?. The SMILES string of the molecule is C=N/C=C\N=C(C)c1ccc2cnc(NC(=O)CN3CCCC3)cc2n1. The Hall–Kier alpha value is -2.93. The number of carbonyl (C=O) groups is 1. The summed E-state index contributed by atoms with van der Waals surface area (Å²) in [5.74, 6) is 0.464. The molecule has 0 atom stereocenters. The van der Waals surface area contributed by atoms with Gasteiger partial charge in [0.1, 0.15) is 5.82 Å². The molecular formula is C19H22N6O. The molecule has 3 heterocycles. The van der Waals surface area contributed by atoms with Crippen molar-refractivity contribution in [2.75, 3.05) is 25.0 Å². The summed E-state index contributed by atoms with van der Waals surface area (Å²) >= 11 is 0. The van der Waals surface area contributed by atoms with Crippen LogP contribution in [0.1, 0.15) is 25.5 Å². The van der Waals surface area contributed by atoms with E-state index in [4.69, 9.17) is 0 Å².